The van der Waals surface area contributed by atoms with Gasteiger partial charge >= 0.3 is 0 Å². The number of morpholine rings is 1. The maximum Gasteiger partial charge on any atom is 0.279 e. The molecule has 0 bridgehead atoms. The first-order chi connectivity index (χ1) is 20.5. The standard InChI is InChI=1S/C32H30N6O4/c1-21-19-34-28(20-33-21)32(40)38(24-11-9-23(10-12-24)37-15-17-42-18-16-37)30-29(22-7-13-25(41-2)14-8-22)35-26-5-3-4-6-27(26)36-31(30)39/h3-14,19-20,30H,15-18H2,1-2H3,(H,36,39). The van der Waals surface area contributed by atoms with Gasteiger partial charge in [0.05, 0.1) is 49.3 Å². The summed E-state index contributed by atoms with van der Waals surface area (Å²) in [6.45, 7) is 4.66. The van der Waals surface area contributed by atoms with Gasteiger partial charge in [-0.3, -0.25) is 19.5 Å². The molecule has 1 fully saturated rings. The smallest absolute Gasteiger partial charge is 0.279 e. The first-order valence-electron chi connectivity index (χ1n) is 13.7. The van der Waals surface area contributed by atoms with Crippen LogP contribution in [0.25, 0.3) is 0 Å². The van der Waals surface area contributed by atoms with Crippen LogP contribution in [0.3, 0.4) is 0 Å². The zero-order chi connectivity index (χ0) is 29.1. The molecule has 10 nitrogen and oxygen atoms in total. The fraction of sp³-hybridized carbons (Fsp3) is 0.219. The Morgan fingerprint density at radius 3 is 2.40 bits per heavy atom. The Balaban J connectivity index is 1.50. The van der Waals surface area contributed by atoms with Crippen molar-refractivity contribution in [2.24, 2.45) is 4.99 Å². The Morgan fingerprint density at radius 2 is 1.71 bits per heavy atom. The summed E-state index contributed by atoms with van der Waals surface area (Å²) >= 11 is 0. The van der Waals surface area contributed by atoms with Crippen molar-refractivity contribution in [3.8, 4) is 5.75 Å². The minimum absolute atomic E-state index is 0.112. The van der Waals surface area contributed by atoms with E-state index in [-0.39, 0.29) is 5.69 Å². The van der Waals surface area contributed by atoms with Gasteiger partial charge < -0.3 is 19.7 Å². The molecule has 6 rings (SSSR count). The van der Waals surface area contributed by atoms with Crippen LogP contribution in [0, 0.1) is 6.92 Å². The summed E-state index contributed by atoms with van der Waals surface area (Å²) in [5.74, 6) is -0.218. The molecule has 0 saturated carbocycles. The van der Waals surface area contributed by atoms with Crippen molar-refractivity contribution in [1.82, 2.24) is 9.97 Å². The van der Waals surface area contributed by atoms with E-state index in [0.29, 0.717) is 53.0 Å². The van der Waals surface area contributed by atoms with Crippen LogP contribution in [0.15, 0.2) is 90.2 Å². The highest BCUT2D eigenvalue weighted by atomic mass is 16.5. The van der Waals surface area contributed by atoms with Crippen molar-refractivity contribution in [3.05, 3.63) is 102 Å². The molecule has 212 valence electrons. The number of benzene rings is 3. The molecule has 3 aromatic carbocycles. The number of carbonyl (C=O) groups is 2. The van der Waals surface area contributed by atoms with Gasteiger partial charge in [-0.25, -0.2) is 9.98 Å². The number of methoxy groups -OCH3 is 1. The number of para-hydroxylation sites is 2. The molecule has 1 saturated heterocycles. The largest absolute Gasteiger partial charge is 0.497 e. The maximum absolute atomic E-state index is 14.3. The molecule has 0 radical (unpaired) electrons. The van der Waals surface area contributed by atoms with Gasteiger partial charge in [0, 0.05) is 30.7 Å². The molecular formula is C32H30N6O4. The fourth-order valence-electron chi connectivity index (χ4n) is 5.07. The summed E-state index contributed by atoms with van der Waals surface area (Å²) in [5.41, 5.74) is 4.54. The number of aliphatic imine (C=N–C) groups is 1. The molecule has 1 atom stereocenters. The van der Waals surface area contributed by atoms with Crippen LogP contribution >= 0.6 is 0 Å². The summed E-state index contributed by atoms with van der Waals surface area (Å²) in [4.78, 5) is 45.7. The number of carbonyl (C=O) groups excluding carboxylic acids is 2. The van der Waals surface area contributed by atoms with E-state index in [4.69, 9.17) is 14.5 Å². The van der Waals surface area contributed by atoms with E-state index in [9.17, 15) is 9.59 Å². The lowest BCUT2D eigenvalue weighted by Crippen LogP contribution is -2.52. The molecule has 0 aliphatic carbocycles. The van der Waals surface area contributed by atoms with Crippen molar-refractivity contribution in [1.29, 1.82) is 0 Å². The minimum atomic E-state index is -1.13. The van der Waals surface area contributed by atoms with Crippen LogP contribution in [0.1, 0.15) is 21.7 Å². The van der Waals surface area contributed by atoms with E-state index in [1.165, 1.54) is 17.3 Å². The second-order valence-corrected chi connectivity index (χ2v) is 9.97. The maximum atomic E-state index is 14.3. The Hall–Kier alpha value is -5.09. The minimum Gasteiger partial charge on any atom is -0.497 e. The molecule has 2 aliphatic rings. The molecule has 4 aromatic rings. The highest BCUT2D eigenvalue weighted by Crippen LogP contribution is 2.33. The van der Waals surface area contributed by atoms with Crippen LogP contribution in [0.5, 0.6) is 5.75 Å². The van der Waals surface area contributed by atoms with Gasteiger partial charge in [0.15, 0.2) is 6.04 Å². The third-order valence-electron chi connectivity index (χ3n) is 7.28. The number of fused-ring (bicyclic) bond motifs is 1. The summed E-state index contributed by atoms with van der Waals surface area (Å²) in [6, 6.07) is 21.1. The first kappa shape index (κ1) is 27.1. The number of nitrogens with zero attached hydrogens (tertiary/aromatic N) is 5. The lowest BCUT2D eigenvalue weighted by atomic mass is 9.99. The first-order valence-corrected chi connectivity index (χ1v) is 13.7. The number of aromatic nitrogens is 2. The molecule has 2 aliphatic heterocycles. The predicted octanol–water partition coefficient (Wildman–Crippen LogP) is 4.42. The number of hydrogen-bond acceptors (Lipinski definition) is 8. The van der Waals surface area contributed by atoms with Gasteiger partial charge in [0.2, 0.25) is 0 Å². The van der Waals surface area contributed by atoms with Crippen molar-refractivity contribution in [2.75, 3.05) is 48.5 Å². The quantitative estimate of drug-likeness (QED) is 0.371. The van der Waals surface area contributed by atoms with Crippen LogP contribution in [0.2, 0.25) is 0 Å². The van der Waals surface area contributed by atoms with Crippen molar-refractivity contribution >= 4 is 40.3 Å². The Kier molecular flexibility index (Phi) is 7.61. The molecule has 2 amide bonds. The zero-order valence-electron chi connectivity index (χ0n) is 23.4. The molecular weight excluding hydrogens is 532 g/mol. The van der Waals surface area contributed by atoms with E-state index < -0.39 is 17.9 Å². The van der Waals surface area contributed by atoms with E-state index in [2.05, 4.69) is 20.2 Å². The Bertz CT molecular complexity index is 1610. The number of ether oxygens (including phenoxy) is 2. The second-order valence-electron chi connectivity index (χ2n) is 9.97. The number of amides is 2. The highest BCUT2D eigenvalue weighted by Gasteiger charge is 2.39. The third kappa shape index (κ3) is 5.44. The van der Waals surface area contributed by atoms with E-state index in [0.717, 1.165) is 18.8 Å². The van der Waals surface area contributed by atoms with Crippen molar-refractivity contribution < 1.29 is 19.1 Å². The molecule has 42 heavy (non-hydrogen) atoms. The molecule has 1 aromatic heterocycles. The Morgan fingerprint density at radius 1 is 0.976 bits per heavy atom. The molecule has 1 N–H and O–H groups in total. The monoisotopic (exact) mass is 562 g/mol. The average molecular weight is 563 g/mol. The zero-order valence-corrected chi connectivity index (χ0v) is 23.4. The van der Waals surface area contributed by atoms with Gasteiger partial charge in [-0.2, -0.15) is 0 Å². The number of nitrogens with one attached hydrogen (secondary N) is 1. The van der Waals surface area contributed by atoms with Crippen molar-refractivity contribution in [2.45, 2.75) is 13.0 Å². The predicted molar refractivity (Wildman–Crippen MR) is 161 cm³/mol. The third-order valence-corrected chi connectivity index (χ3v) is 7.28. The number of hydrogen-bond donors (Lipinski definition) is 1. The van der Waals surface area contributed by atoms with E-state index in [1.807, 2.05) is 54.6 Å². The van der Waals surface area contributed by atoms with Crippen LogP contribution < -0.4 is 19.9 Å². The van der Waals surface area contributed by atoms with Gasteiger partial charge in [-0.15, -0.1) is 0 Å². The lowest BCUT2D eigenvalue weighted by molar-refractivity contribution is -0.116. The highest BCUT2D eigenvalue weighted by molar-refractivity contribution is 6.28. The van der Waals surface area contributed by atoms with Gasteiger partial charge in [-0.05, 0) is 73.2 Å². The second kappa shape index (κ2) is 11.8. The molecule has 3 heterocycles. The average Bonchev–Trinajstić information content (AvgIpc) is 3.18. The number of rotatable bonds is 6. The summed E-state index contributed by atoms with van der Waals surface area (Å²) in [5, 5.41) is 2.99. The molecule has 0 spiro atoms. The van der Waals surface area contributed by atoms with Crippen LogP contribution in [-0.2, 0) is 9.53 Å². The summed E-state index contributed by atoms with van der Waals surface area (Å²) in [7, 11) is 1.59. The normalized spacial score (nSPS) is 16.5. The topological polar surface area (TPSA) is 109 Å². The van der Waals surface area contributed by atoms with E-state index >= 15 is 0 Å². The number of anilines is 3. The molecule has 1 unspecified atom stereocenters. The van der Waals surface area contributed by atoms with Gasteiger partial charge in [0.25, 0.3) is 11.8 Å². The lowest BCUT2D eigenvalue weighted by Gasteiger charge is -2.32. The molecule has 10 heteroatoms. The van der Waals surface area contributed by atoms with E-state index in [1.54, 1.807) is 32.2 Å². The van der Waals surface area contributed by atoms with Crippen molar-refractivity contribution in [3.63, 3.8) is 0 Å². The number of aryl methyl sites for hydroxylation is 1. The van der Waals surface area contributed by atoms with Gasteiger partial charge in [-0.1, -0.05) is 12.1 Å². The fourth-order valence-corrected chi connectivity index (χ4v) is 5.07. The van der Waals surface area contributed by atoms with Gasteiger partial charge in [0.1, 0.15) is 11.4 Å². The SMILES string of the molecule is COc1ccc(C2=Nc3ccccc3NC(=O)C2N(C(=O)c2cnc(C)cn2)c2ccc(N3CCOCC3)cc2)cc1. The Labute approximate surface area is 243 Å². The van der Waals surface area contributed by atoms with Crippen LogP contribution in [0.4, 0.5) is 22.7 Å². The summed E-state index contributed by atoms with van der Waals surface area (Å²) < 4.78 is 10.9. The van der Waals surface area contributed by atoms with Crippen LogP contribution in [-0.4, -0.2) is 66.9 Å². The summed E-state index contributed by atoms with van der Waals surface area (Å²) in [6.07, 6.45) is 2.97.